The topological polar surface area (TPSA) is 118 Å². The SMILES string of the molecule is Cc1ccc(C(=O)NCC2CC2)cc1-c1nc(NCc2ncc[nH]2)nc2c1ccc(=O)n2-c1c(F)cccc1F. The molecule has 0 atom stereocenters. The van der Waals surface area contributed by atoms with Gasteiger partial charge in [0.15, 0.2) is 5.65 Å². The lowest BCUT2D eigenvalue weighted by molar-refractivity contribution is 0.0952. The van der Waals surface area contributed by atoms with Gasteiger partial charge in [0.25, 0.3) is 11.5 Å². The van der Waals surface area contributed by atoms with Gasteiger partial charge >= 0.3 is 0 Å². The van der Waals surface area contributed by atoms with E-state index in [0.29, 0.717) is 40.5 Å². The molecular formula is C29H25F2N7O2. The summed E-state index contributed by atoms with van der Waals surface area (Å²) in [6.07, 6.45) is 5.51. The average Bonchev–Trinajstić information content (AvgIpc) is 3.63. The number of aromatic nitrogens is 5. The van der Waals surface area contributed by atoms with Gasteiger partial charge in [-0.25, -0.2) is 18.7 Å². The second-order valence-electron chi connectivity index (χ2n) is 9.78. The summed E-state index contributed by atoms with van der Waals surface area (Å²) in [4.78, 5) is 42.4. The standard InChI is InChI=1S/C29H25F2N7O2/c1-16-5-8-18(28(40)34-14-17-6-7-17)13-20(16)25-19-9-10-24(39)38(26-21(30)3-2-4-22(26)31)27(19)37-29(36-25)35-15-23-32-11-12-33-23/h2-5,8-13,17H,6-7,14-15H2,1H3,(H,32,33)(H,34,40)(H,35,36,37). The number of pyridine rings is 1. The van der Waals surface area contributed by atoms with Crippen LogP contribution in [0.15, 0.2) is 65.7 Å². The predicted octanol–water partition coefficient (Wildman–Crippen LogP) is 4.51. The van der Waals surface area contributed by atoms with Gasteiger partial charge in [-0.05, 0) is 61.6 Å². The van der Waals surface area contributed by atoms with Gasteiger partial charge in [0.05, 0.1) is 12.2 Å². The van der Waals surface area contributed by atoms with Gasteiger partial charge in [0.2, 0.25) is 5.95 Å². The van der Waals surface area contributed by atoms with Crippen LogP contribution in [-0.2, 0) is 6.54 Å². The predicted molar refractivity (Wildman–Crippen MR) is 146 cm³/mol. The summed E-state index contributed by atoms with van der Waals surface area (Å²) in [5, 5.41) is 6.43. The van der Waals surface area contributed by atoms with Gasteiger partial charge in [0, 0.05) is 41.5 Å². The number of benzene rings is 2. The third kappa shape index (κ3) is 4.93. The van der Waals surface area contributed by atoms with Crippen LogP contribution in [0.5, 0.6) is 0 Å². The fraction of sp³-hybridized carbons (Fsp3) is 0.207. The maximum atomic E-state index is 14.9. The highest BCUT2D eigenvalue weighted by molar-refractivity contribution is 5.98. The van der Waals surface area contributed by atoms with E-state index in [0.717, 1.165) is 35.1 Å². The lowest BCUT2D eigenvalue weighted by Crippen LogP contribution is -2.25. The number of nitrogens with one attached hydrogen (secondary N) is 3. The molecule has 202 valence electrons. The van der Waals surface area contributed by atoms with Crippen molar-refractivity contribution in [3.05, 3.63) is 99.9 Å². The molecule has 0 radical (unpaired) electrons. The summed E-state index contributed by atoms with van der Waals surface area (Å²) in [6.45, 7) is 2.73. The van der Waals surface area contributed by atoms with Crippen molar-refractivity contribution in [2.24, 2.45) is 5.92 Å². The van der Waals surface area contributed by atoms with Crippen LogP contribution >= 0.6 is 0 Å². The monoisotopic (exact) mass is 541 g/mol. The molecule has 0 spiro atoms. The zero-order valence-corrected chi connectivity index (χ0v) is 21.5. The molecule has 0 aliphatic heterocycles. The van der Waals surface area contributed by atoms with Crippen LogP contribution in [0.2, 0.25) is 0 Å². The van der Waals surface area contributed by atoms with E-state index >= 15 is 0 Å². The highest BCUT2D eigenvalue weighted by Gasteiger charge is 2.23. The molecule has 3 heterocycles. The smallest absolute Gasteiger partial charge is 0.256 e. The Kier molecular flexibility index (Phi) is 6.54. The third-order valence-corrected chi connectivity index (χ3v) is 6.88. The number of amides is 1. The summed E-state index contributed by atoms with van der Waals surface area (Å²) in [5.74, 6) is -0.777. The van der Waals surface area contributed by atoms with E-state index in [4.69, 9.17) is 4.98 Å². The summed E-state index contributed by atoms with van der Waals surface area (Å²) >= 11 is 0. The molecular weight excluding hydrogens is 516 g/mol. The summed E-state index contributed by atoms with van der Waals surface area (Å²) < 4.78 is 30.8. The number of nitrogens with zero attached hydrogens (tertiary/aromatic N) is 4. The number of carbonyl (C=O) groups is 1. The first-order chi connectivity index (χ1) is 19.4. The van der Waals surface area contributed by atoms with Crippen LogP contribution in [0.25, 0.3) is 28.0 Å². The van der Waals surface area contributed by atoms with Crippen molar-refractivity contribution in [2.45, 2.75) is 26.3 Å². The van der Waals surface area contributed by atoms with Crippen molar-refractivity contribution in [1.82, 2.24) is 29.8 Å². The van der Waals surface area contributed by atoms with Crippen molar-refractivity contribution in [3.63, 3.8) is 0 Å². The number of hydrogen-bond donors (Lipinski definition) is 3. The number of hydrogen-bond acceptors (Lipinski definition) is 6. The molecule has 9 nitrogen and oxygen atoms in total. The van der Waals surface area contributed by atoms with Gasteiger partial charge in [-0.2, -0.15) is 4.98 Å². The molecule has 1 aliphatic carbocycles. The van der Waals surface area contributed by atoms with Crippen molar-refractivity contribution >= 4 is 22.9 Å². The Morgan fingerprint density at radius 1 is 1.10 bits per heavy atom. The average molecular weight is 542 g/mol. The van der Waals surface area contributed by atoms with Crippen LogP contribution in [0.4, 0.5) is 14.7 Å². The van der Waals surface area contributed by atoms with Crippen molar-refractivity contribution in [3.8, 4) is 16.9 Å². The minimum absolute atomic E-state index is 0.00596. The minimum Gasteiger partial charge on any atom is -0.352 e. The molecule has 11 heteroatoms. The fourth-order valence-electron chi connectivity index (χ4n) is 4.55. The zero-order valence-electron chi connectivity index (χ0n) is 21.5. The van der Waals surface area contributed by atoms with Gasteiger partial charge in [-0.15, -0.1) is 0 Å². The molecule has 6 rings (SSSR count). The number of imidazole rings is 1. The number of rotatable bonds is 8. The van der Waals surface area contributed by atoms with Crippen LogP contribution in [0, 0.1) is 24.5 Å². The van der Waals surface area contributed by atoms with E-state index in [1.54, 1.807) is 24.5 Å². The number of fused-ring (bicyclic) bond motifs is 1. The molecule has 1 saturated carbocycles. The quantitative estimate of drug-likeness (QED) is 0.266. The van der Waals surface area contributed by atoms with E-state index in [-0.39, 0.29) is 24.0 Å². The number of anilines is 1. The molecule has 1 amide bonds. The summed E-state index contributed by atoms with van der Waals surface area (Å²) in [5.41, 5.74) is 1.08. The van der Waals surface area contributed by atoms with Crippen molar-refractivity contribution in [1.29, 1.82) is 0 Å². The van der Waals surface area contributed by atoms with Crippen LogP contribution in [0.1, 0.15) is 34.6 Å². The van der Waals surface area contributed by atoms with Crippen LogP contribution in [-0.4, -0.2) is 37.0 Å². The van der Waals surface area contributed by atoms with Crippen LogP contribution < -0.4 is 16.2 Å². The first kappa shape index (κ1) is 25.4. The molecule has 40 heavy (non-hydrogen) atoms. The van der Waals surface area contributed by atoms with E-state index < -0.39 is 22.9 Å². The summed E-state index contributed by atoms with van der Waals surface area (Å²) in [6, 6.07) is 11.4. The van der Waals surface area contributed by atoms with E-state index in [1.165, 1.54) is 18.2 Å². The molecule has 0 saturated heterocycles. The Morgan fingerprint density at radius 3 is 2.62 bits per heavy atom. The number of halogens is 2. The number of aromatic amines is 1. The molecule has 0 unspecified atom stereocenters. The van der Waals surface area contributed by atoms with E-state index in [1.807, 2.05) is 13.0 Å². The highest BCUT2D eigenvalue weighted by Crippen LogP contribution is 2.32. The van der Waals surface area contributed by atoms with Gasteiger partial charge in [-0.1, -0.05) is 12.1 Å². The first-order valence-electron chi connectivity index (χ1n) is 12.9. The molecule has 2 aromatic carbocycles. The maximum absolute atomic E-state index is 14.9. The fourth-order valence-corrected chi connectivity index (χ4v) is 4.55. The molecule has 0 bridgehead atoms. The molecule has 1 aliphatic rings. The van der Waals surface area contributed by atoms with Crippen molar-refractivity contribution < 1.29 is 13.6 Å². The van der Waals surface area contributed by atoms with Gasteiger partial charge < -0.3 is 15.6 Å². The number of para-hydroxylation sites is 1. The van der Waals surface area contributed by atoms with E-state index in [2.05, 4.69) is 25.6 Å². The number of carbonyl (C=O) groups excluding carboxylic acids is 1. The Morgan fingerprint density at radius 2 is 1.90 bits per heavy atom. The van der Waals surface area contributed by atoms with Gasteiger partial charge in [-0.3, -0.25) is 14.2 Å². The second-order valence-corrected chi connectivity index (χ2v) is 9.78. The Bertz CT molecular complexity index is 1780. The van der Waals surface area contributed by atoms with E-state index in [9.17, 15) is 18.4 Å². The summed E-state index contributed by atoms with van der Waals surface area (Å²) in [7, 11) is 0. The largest absolute Gasteiger partial charge is 0.352 e. The van der Waals surface area contributed by atoms with Gasteiger partial charge in [0.1, 0.15) is 23.1 Å². The normalized spacial score (nSPS) is 13.0. The molecule has 3 N–H and O–H groups in total. The Balaban J connectivity index is 1.54. The third-order valence-electron chi connectivity index (χ3n) is 6.88. The second kappa shape index (κ2) is 10.3. The lowest BCUT2D eigenvalue weighted by atomic mass is 9.99. The molecule has 1 fully saturated rings. The van der Waals surface area contributed by atoms with Crippen LogP contribution in [0.3, 0.4) is 0 Å². The first-order valence-corrected chi connectivity index (χ1v) is 12.9. The van der Waals surface area contributed by atoms with Crippen molar-refractivity contribution in [2.75, 3.05) is 11.9 Å². The minimum atomic E-state index is -0.912. The molecule has 5 aromatic rings. The number of aryl methyl sites for hydroxylation is 1. The Hall–Kier alpha value is -4.93. The molecule has 3 aromatic heterocycles. The zero-order chi connectivity index (χ0) is 27.8. The maximum Gasteiger partial charge on any atom is 0.256 e. The Labute approximate surface area is 227 Å². The number of H-pyrrole nitrogens is 1. The lowest BCUT2D eigenvalue weighted by Gasteiger charge is -2.16. The highest BCUT2D eigenvalue weighted by atomic mass is 19.1.